The van der Waals surface area contributed by atoms with E-state index in [0.717, 1.165) is 23.7 Å². The summed E-state index contributed by atoms with van der Waals surface area (Å²) in [4.78, 5) is 8.76. The standard InChI is InChI=1S/C15H18N4O2/c1-20-14-5-2-9(8-16-14)6-13-18-15(21-19-13)11-7-10-3-4-12(11)17-10/h2,5,8,10-12,17H,3-4,6-7H2,1H3. The Balaban J connectivity index is 1.46. The summed E-state index contributed by atoms with van der Waals surface area (Å²) < 4.78 is 10.5. The molecule has 110 valence electrons. The Morgan fingerprint density at radius 3 is 3.00 bits per heavy atom. The first-order chi connectivity index (χ1) is 10.3. The molecule has 21 heavy (non-hydrogen) atoms. The lowest BCUT2D eigenvalue weighted by atomic mass is 9.89. The molecule has 2 aliphatic rings. The topological polar surface area (TPSA) is 73.1 Å². The fourth-order valence-electron chi connectivity index (χ4n) is 3.41. The highest BCUT2D eigenvalue weighted by Gasteiger charge is 2.42. The molecule has 2 fully saturated rings. The second-order valence-corrected chi connectivity index (χ2v) is 5.82. The van der Waals surface area contributed by atoms with E-state index in [1.807, 2.05) is 12.1 Å². The van der Waals surface area contributed by atoms with Crippen LogP contribution in [0.15, 0.2) is 22.9 Å². The van der Waals surface area contributed by atoms with E-state index in [9.17, 15) is 0 Å². The number of rotatable bonds is 4. The van der Waals surface area contributed by atoms with E-state index >= 15 is 0 Å². The number of fused-ring (bicyclic) bond motifs is 2. The van der Waals surface area contributed by atoms with Crippen molar-refractivity contribution in [2.24, 2.45) is 0 Å². The molecule has 4 heterocycles. The highest BCUT2D eigenvalue weighted by atomic mass is 16.5. The third-order valence-corrected chi connectivity index (χ3v) is 4.47. The molecule has 3 unspecified atom stereocenters. The predicted molar refractivity (Wildman–Crippen MR) is 75.2 cm³/mol. The molecular formula is C15H18N4O2. The molecule has 2 bridgehead atoms. The zero-order valence-electron chi connectivity index (χ0n) is 12.0. The third-order valence-electron chi connectivity index (χ3n) is 4.47. The third kappa shape index (κ3) is 2.40. The van der Waals surface area contributed by atoms with Gasteiger partial charge < -0.3 is 14.6 Å². The first kappa shape index (κ1) is 12.8. The quantitative estimate of drug-likeness (QED) is 0.921. The van der Waals surface area contributed by atoms with E-state index in [4.69, 9.17) is 9.26 Å². The highest BCUT2D eigenvalue weighted by Crippen LogP contribution is 2.39. The molecule has 6 nitrogen and oxygen atoms in total. The summed E-state index contributed by atoms with van der Waals surface area (Å²) in [7, 11) is 1.61. The number of pyridine rings is 1. The molecule has 2 aliphatic heterocycles. The van der Waals surface area contributed by atoms with E-state index in [2.05, 4.69) is 20.4 Å². The minimum atomic E-state index is 0.388. The van der Waals surface area contributed by atoms with Crippen LogP contribution in [-0.4, -0.2) is 34.3 Å². The molecule has 6 heteroatoms. The van der Waals surface area contributed by atoms with E-state index in [1.54, 1.807) is 13.3 Å². The van der Waals surface area contributed by atoms with Gasteiger partial charge in [-0.15, -0.1) is 0 Å². The van der Waals surface area contributed by atoms with Crippen molar-refractivity contribution in [3.63, 3.8) is 0 Å². The van der Waals surface area contributed by atoms with Gasteiger partial charge in [0.2, 0.25) is 11.8 Å². The first-order valence-electron chi connectivity index (χ1n) is 7.39. The number of hydrogen-bond acceptors (Lipinski definition) is 6. The molecule has 0 saturated carbocycles. The van der Waals surface area contributed by atoms with Crippen LogP contribution < -0.4 is 10.1 Å². The number of aromatic nitrogens is 3. The molecular weight excluding hydrogens is 268 g/mol. The second kappa shape index (κ2) is 5.11. The lowest BCUT2D eigenvalue weighted by Crippen LogP contribution is -2.21. The van der Waals surface area contributed by atoms with Gasteiger partial charge in [0.25, 0.3) is 0 Å². The summed E-state index contributed by atoms with van der Waals surface area (Å²) in [5.74, 6) is 2.51. The van der Waals surface area contributed by atoms with Crippen molar-refractivity contribution in [3.05, 3.63) is 35.6 Å². The average molecular weight is 286 g/mol. The number of nitrogens with zero attached hydrogens (tertiary/aromatic N) is 3. The van der Waals surface area contributed by atoms with E-state index in [-0.39, 0.29) is 0 Å². The van der Waals surface area contributed by atoms with Crippen LogP contribution in [-0.2, 0) is 6.42 Å². The maximum Gasteiger partial charge on any atom is 0.231 e. The molecule has 0 amide bonds. The SMILES string of the molecule is COc1ccc(Cc2noc(C3CC4CCC3N4)n2)cn1. The Labute approximate surface area is 122 Å². The van der Waals surface area contributed by atoms with Gasteiger partial charge in [0, 0.05) is 30.8 Å². The Kier molecular flexibility index (Phi) is 3.11. The summed E-state index contributed by atoms with van der Waals surface area (Å²) in [5, 5.41) is 7.71. The summed E-state index contributed by atoms with van der Waals surface area (Å²) in [6, 6.07) is 4.98. The van der Waals surface area contributed by atoms with E-state index < -0.39 is 0 Å². The Hall–Kier alpha value is -1.95. The van der Waals surface area contributed by atoms with Gasteiger partial charge in [-0.25, -0.2) is 4.98 Å². The van der Waals surface area contributed by atoms with Crippen LogP contribution in [0, 0.1) is 0 Å². The van der Waals surface area contributed by atoms with Crippen molar-refractivity contribution in [1.82, 2.24) is 20.4 Å². The second-order valence-electron chi connectivity index (χ2n) is 5.82. The van der Waals surface area contributed by atoms with Crippen molar-refractivity contribution < 1.29 is 9.26 Å². The van der Waals surface area contributed by atoms with Crippen LogP contribution in [0.2, 0.25) is 0 Å². The van der Waals surface area contributed by atoms with E-state index in [1.165, 1.54) is 12.8 Å². The number of ether oxygens (including phenoxy) is 1. The lowest BCUT2D eigenvalue weighted by Gasteiger charge is -2.15. The first-order valence-corrected chi connectivity index (χ1v) is 7.39. The summed E-state index contributed by atoms with van der Waals surface area (Å²) in [6.07, 6.45) is 6.04. The van der Waals surface area contributed by atoms with Crippen LogP contribution in [0.1, 0.15) is 42.5 Å². The van der Waals surface area contributed by atoms with Crippen molar-refractivity contribution in [2.75, 3.05) is 7.11 Å². The fourth-order valence-corrected chi connectivity index (χ4v) is 3.41. The van der Waals surface area contributed by atoms with E-state index in [0.29, 0.717) is 30.3 Å². The summed E-state index contributed by atoms with van der Waals surface area (Å²) in [5.41, 5.74) is 1.05. The largest absolute Gasteiger partial charge is 0.481 e. The highest BCUT2D eigenvalue weighted by molar-refractivity contribution is 5.21. The number of methoxy groups -OCH3 is 1. The van der Waals surface area contributed by atoms with Gasteiger partial charge in [-0.2, -0.15) is 4.98 Å². The Bertz CT molecular complexity index is 625. The maximum absolute atomic E-state index is 5.47. The molecule has 2 aromatic rings. The summed E-state index contributed by atoms with van der Waals surface area (Å²) in [6.45, 7) is 0. The van der Waals surface area contributed by atoms with Gasteiger partial charge >= 0.3 is 0 Å². The van der Waals surface area contributed by atoms with Crippen molar-refractivity contribution >= 4 is 0 Å². The number of hydrogen-bond donors (Lipinski definition) is 1. The minimum Gasteiger partial charge on any atom is -0.481 e. The van der Waals surface area contributed by atoms with Crippen molar-refractivity contribution in [2.45, 2.75) is 43.7 Å². The monoisotopic (exact) mass is 286 g/mol. The Morgan fingerprint density at radius 1 is 1.38 bits per heavy atom. The van der Waals surface area contributed by atoms with Crippen LogP contribution in [0.25, 0.3) is 0 Å². The molecule has 4 rings (SSSR count). The zero-order valence-corrected chi connectivity index (χ0v) is 12.0. The van der Waals surface area contributed by atoms with Crippen LogP contribution >= 0.6 is 0 Å². The van der Waals surface area contributed by atoms with Gasteiger partial charge in [-0.3, -0.25) is 0 Å². The van der Waals surface area contributed by atoms with Gasteiger partial charge in [-0.1, -0.05) is 11.2 Å². The fraction of sp³-hybridized carbons (Fsp3) is 0.533. The normalized spacial score (nSPS) is 27.2. The number of nitrogens with one attached hydrogen (secondary N) is 1. The smallest absolute Gasteiger partial charge is 0.231 e. The molecule has 0 radical (unpaired) electrons. The molecule has 2 aromatic heterocycles. The molecule has 1 N–H and O–H groups in total. The van der Waals surface area contributed by atoms with Gasteiger partial charge in [0.15, 0.2) is 5.82 Å². The molecule has 2 saturated heterocycles. The van der Waals surface area contributed by atoms with Crippen LogP contribution in [0.5, 0.6) is 5.88 Å². The molecule has 0 spiro atoms. The zero-order chi connectivity index (χ0) is 14.2. The predicted octanol–water partition coefficient (Wildman–Crippen LogP) is 1.67. The van der Waals surface area contributed by atoms with Gasteiger partial charge in [-0.05, 0) is 24.8 Å². The van der Waals surface area contributed by atoms with Gasteiger partial charge in [0.05, 0.1) is 13.0 Å². The van der Waals surface area contributed by atoms with Crippen LogP contribution in [0.4, 0.5) is 0 Å². The molecule has 0 aromatic carbocycles. The molecule has 0 aliphatic carbocycles. The molecule has 3 atom stereocenters. The minimum absolute atomic E-state index is 0.388. The Morgan fingerprint density at radius 2 is 2.33 bits per heavy atom. The van der Waals surface area contributed by atoms with Crippen LogP contribution in [0.3, 0.4) is 0 Å². The maximum atomic E-state index is 5.47. The summed E-state index contributed by atoms with van der Waals surface area (Å²) >= 11 is 0. The van der Waals surface area contributed by atoms with Gasteiger partial charge in [0.1, 0.15) is 0 Å². The average Bonchev–Trinajstić information content (AvgIpc) is 3.24. The van der Waals surface area contributed by atoms with Crippen molar-refractivity contribution in [1.29, 1.82) is 0 Å². The lowest BCUT2D eigenvalue weighted by molar-refractivity contribution is 0.327. The van der Waals surface area contributed by atoms with Crippen molar-refractivity contribution in [3.8, 4) is 5.88 Å².